The molecule has 0 saturated carbocycles. The third-order valence-corrected chi connectivity index (χ3v) is 1.43. The van der Waals surface area contributed by atoms with Crippen LogP contribution in [0.4, 0.5) is 0 Å². The number of carbonyl (C=O) groups excluding carboxylic acids is 2. The molecular weight excluding hydrogens is 158 g/mol. The number of hydrogen-bond acceptors (Lipinski definition) is 3. The minimum absolute atomic E-state index is 0.0525. The van der Waals surface area contributed by atoms with Crippen LogP contribution in [0.3, 0.4) is 0 Å². The second kappa shape index (κ2) is 4.71. The largest absolute Gasteiger partial charge is 0.358 e. The number of likely N-dealkylation sites (N-methyl/N-ethyl adjacent to an activating group) is 2. The molecule has 0 aliphatic heterocycles. The highest BCUT2D eigenvalue weighted by molar-refractivity contribution is 5.86. The van der Waals surface area contributed by atoms with Gasteiger partial charge in [-0.3, -0.25) is 9.59 Å². The molecule has 0 unspecified atom stereocenters. The van der Waals surface area contributed by atoms with Crippen molar-refractivity contribution < 1.29 is 9.59 Å². The molecule has 0 fully saturated rings. The van der Waals surface area contributed by atoms with Crippen molar-refractivity contribution in [2.45, 2.75) is 13.0 Å². The van der Waals surface area contributed by atoms with Gasteiger partial charge in [0.15, 0.2) is 0 Å². The Balaban J connectivity index is 3.95. The van der Waals surface area contributed by atoms with Gasteiger partial charge >= 0.3 is 0 Å². The molecule has 12 heavy (non-hydrogen) atoms. The maximum atomic E-state index is 11.1. The van der Waals surface area contributed by atoms with E-state index in [4.69, 9.17) is 5.73 Å². The second-order valence-corrected chi connectivity index (χ2v) is 2.66. The zero-order valence-electron chi connectivity index (χ0n) is 7.63. The molecule has 5 nitrogen and oxygen atoms in total. The van der Waals surface area contributed by atoms with Gasteiger partial charge in [-0.05, 0) is 6.92 Å². The Morgan fingerprint density at radius 2 is 2.08 bits per heavy atom. The molecule has 0 aliphatic rings. The van der Waals surface area contributed by atoms with Crippen molar-refractivity contribution in [1.82, 2.24) is 10.2 Å². The fourth-order valence-corrected chi connectivity index (χ4v) is 0.720. The molecule has 0 aromatic rings. The van der Waals surface area contributed by atoms with E-state index in [2.05, 4.69) is 5.32 Å². The van der Waals surface area contributed by atoms with Crippen molar-refractivity contribution >= 4 is 11.8 Å². The SMILES string of the molecule is CNC(=O)CN(C)C(=O)[C@H](C)N. The summed E-state index contributed by atoms with van der Waals surface area (Å²) in [6, 6.07) is -0.556. The zero-order valence-corrected chi connectivity index (χ0v) is 7.63. The quantitative estimate of drug-likeness (QED) is 0.547. The lowest BCUT2D eigenvalue weighted by Gasteiger charge is -2.17. The summed E-state index contributed by atoms with van der Waals surface area (Å²) in [5.41, 5.74) is 5.33. The molecule has 0 radical (unpaired) electrons. The number of hydrogen-bond donors (Lipinski definition) is 2. The highest BCUT2D eigenvalue weighted by Gasteiger charge is 2.14. The third-order valence-electron chi connectivity index (χ3n) is 1.43. The average Bonchev–Trinajstić information content (AvgIpc) is 2.02. The van der Waals surface area contributed by atoms with E-state index in [0.29, 0.717) is 0 Å². The van der Waals surface area contributed by atoms with Crippen LogP contribution in [-0.4, -0.2) is 43.4 Å². The van der Waals surface area contributed by atoms with E-state index in [0.717, 1.165) is 0 Å². The first-order valence-electron chi connectivity index (χ1n) is 3.70. The summed E-state index contributed by atoms with van der Waals surface area (Å²) in [4.78, 5) is 23.2. The van der Waals surface area contributed by atoms with Crippen LogP contribution >= 0.6 is 0 Å². The van der Waals surface area contributed by atoms with Gasteiger partial charge in [0.25, 0.3) is 0 Å². The van der Waals surface area contributed by atoms with E-state index in [1.165, 1.54) is 11.9 Å². The fraction of sp³-hybridized carbons (Fsp3) is 0.714. The number of rotatable bonds is 3. The van der Waals surface area contributed by atoms with Crippen molar-refractivity contribution in [3.05, 3.63) is 0 Å². The van der Waals surface area contributed by atoms with Gasteiger partial charge < -0.3 is 16.0 Å². The number of nitrogens with two attached hydrogens (primary N) is 1. The maximum Gasteiger partial charge on any atom is 0.239 e. The predicted molar refractivity (Wildman–Crippen MR) is 45.4 cm³/mol. The Bertz CT molecular complexity index is 179. The van der Waals surface area contributed by atoms with Gasteiger partial charge in [-0.25, -0.2) is 0 Å². The van der Waals surface area contributed by atoms with Crippen molar-refractivity contribution in [2.24, 2.45) is 5.73 Å². The van der Waals surface area contributed by atoms with Gasteiger partial charge in [0.05, 0.1) is 12.6 Å². The molecule has 0 aromatic heterocycles. The van der Waals surface area contributed by atoms with E-state index in [-0.39, 0.29) is 18.4 Å². The van der Waals surface area contributed by atoms with Gasteiger partial charge in [0.2, 0.25) is 11.8 Å². The molecule has 0 aliphatic carbocycles. The van der Waals surface area contributed by atoms with Crippen molar-refractivity contribution in [3.63, 3.8) is 0 Å². The van der Waals surface area contributed by atoms with Gasteiger partial charge in [-0.15, -0.1) is 0 Å². The Morgan fingerprint density at radius 1 is 1.58 bits per heavy atom. The van der Waals surface area contributed by atoms with E-state index in [9.17, 15) is 9.59 Å². The molecule has 0 bridgehead atoms. The lowest BCUT2D eigenvalue weighted by atomic mass is 10.3. The molecule has 0 saturated heterocycles. The van der Waals surface area contributed by atoms with Crippen LogP contribution in [0.1, 0.15) is 6.92 Å². The molecule has 2 amide bonds. The minimum Gasteiger partial charge on any atom is -0.358 e. The van der Waals surface area contributed by atoms with Crippen LogP contribution in [0.2, 0.25) is 0 Å². The standard InChI is InChI=1S/C7H15N3O2/c1-5(8)7(12)10(3)4-6(11)9-2/h5H,4,8H2,1-3H3,(H,9,11)/t5-/m0/s1. The average molecular weight is 173 g/mol. The molecule has 3 N–H and O–H groups in total. The molecule has 1 atom stereocenters. The monoisotopic (exact) mass is 173 g/mol. The Morgan fingerprint density at radius 3 is 2.42 bits per heavy atom. The zero-order chi connectivity index (χ0) is 9.72. The van der Waals surface area contributed by atoms with Crippen molar-refractivity contribution in [2.75, 3.05) is 20.6 Å². The summed E-state index contributed by atoms with van der Waals surface area (Å²) < 4.78 is 0. The van der Waals surface area contributed by atoms with Gasteiger partial charge in [0, 0.05) is 14.1 Å². The summed E-state index contributed by atoms with van der Waals surface area (Å²) in [6.07, 6.45) is 0. The lowest BCUT2D eigenvalue weighted by Crippen LogP contribution is -2.44. The topological polar surface area (TPSA) is 75.4 Å². The van der Waals surface area contributed by atoms with Gasteiger partial charge in [-0.1, -0.05) is 0 Å². The molecule has 0 aromatic carbocycles. The Hall–Kier alpha value is -1.10. The van der Waals surface area contributed by atoms with Crippen LogP contribution in [0.15, 0.2) is 0 Å². The molecule has 0 spiro atoms. The molecule has 0 rings (SSSR count). The highest BCUT2D eigenvalue weighted by atomic mass is 16.2. The number of amides is 2. The summed E-state index contributed by atoms with van der Waals surface area (Å²) >= 11 is 0. The van der Waals surface area contributed by atoms with E-state index in [1.807, 2.05) is 0 Å². The lowest BCUT2D eigenvalue weighted by molar-refractivity contribution is -0.135. The van der Waals surface area contributed by atoms with Crippen LogP contribution in [0.5, 0.6) is 0 Å². The molecule has 0 heterocycles. The van der Waals surface area contributed by atoms with Crippen molar-refractivity contribution in [1.29, 1.82) is 0 Å². The van der Waals surface area contributed by atoms with Crippen LogP contribution in [-0.2, 0) is 9.59 Å². The Labute approximate surface area is 71.9 Å². The molecule has 70 valence electrons. The smallest absolute Gasteiger partial charge is 0.239 e. The first-order chi connectivity index (χ1) is 5.49. The summed E-state index contributed by atoms with van der Waals surface area (Å²) in [5.74, 6) is -0.440. The summed E-state index contributed by atoms with van der Waals surface area (Å²) in [6.45, 7) is 1.64. The van der Waals surface area contributed by atoms with E-state index >= 15 is 0 Å². The summed E-state index contributed by atoms with van der Waals surface area (Å²) in [5, 5.41) is 2.42. The van der Waals surface area contributed by atoms with Gasteiger partial charge in [-0.2, -0.15) is 0 Å². The molecule has 5 heteroatoms. The first-order valence-corrected chi connectivity index (χ1v) is 3.70. The van der Waals surface area contributed by atoms with E-state index < -0.39 is 6.04 Å². The Kier molecular flexibility index (Phi) is 4.28. The number of nitrogens with zero attached hydrogens (tertiary/aromatic N) is 1. The fourth-order valence-electron chi connectivity index (χ4n) is 0.720. The maximum absolute atomic E-state index is 11.1. The minimum atomic E-state index is -0.556. The summed E-state index contributed by atoms with van der Waals surface area (Å²) in [7, 11) is 3.06. The van der Waals surface area contributed by atoms with Crippen LogP contribution in [0, 0.1) is 0 Å². The molecular formula is C7H15N3O2. The van der Waals surface area contributed by atoms with Crippen LogP contribution in [0.25, 0.3) is 0 Å². The third kappa shape index (κ3) is 3.34. The van der Waals surface area contributed by atoms with E-state index in [1.54, 1.807) is 14.0 Å². The first kappa shape index (κ1) is 10.9. The number of nitrogens with one attached hydrogen (secondary N) is 1. The second-order valence-electron chi connectivity index (χ2n) is 2.66. The predicted octanol–water partition coefficient (Wildman–Crippen LogP) is -1.46. The highest BCUT2D eigenvalue weighted by Crippen LogP contribution is 1.87. The number of carbonyl (C=O) groups is 2. The van der Waals surface area contributed by atoms with Crippen LogP contribution < -0.4 is 11.1 Å². The van der Waals surface area contributed by atoms with Crippen molar-refractivity contribution in [3.8, 4) is 0 Å². The normalized spacial score (nSPS) is 12.0. The van der Waals surface area contributed by atoms with Gasteiger partial charge in [0.1, 0.15) is 0 Å².